The molecule has 0 aliphatic rings. The Morgan fingerprint density at radius 2 is 2.07 bits per heavy atom. The molecule has 0 fully saturated rings. The molecule has 0 radical (unpaired) electrons. The van der Waals surface area contributed by atoms with Crippen molar-refractivity contribution in [2.24, 2.45) is 5.73 Å². The predicted molar refractivity (Wildman–Crippen MR) is 59.6 cm³/mol. The Balaban J connectivity index is 2.28. The van der Waals surface area contributed by atoms with Crippen LogP contribution in [0.3, 0.4) is 0 Å². The fraction of sp³-hybridized carbons (Fsp3) is 0.500. The molecule has 1 rings (SSSR count). The Kier molecular flexibility index (Phi) is 4.47. The maximum absolute atomic E-state index is 5.65. The van der Waals surface area contributed by atoms with Crippen molar-refractivity contribution >= 4 is 0 Å². The highest BCUT2D eigenvalue weighted by Gasteiger charge is 1.98. The molecule has 0 aliphatic heterocycles. The molecule has 78 valence electrons. The van der Waals surface area contributed by atoms with Gasteiger partial charge in [-0.05, 0) is 38.3 Å². The number of hydrogen-bond acceptors (Lipinski definition) is 2. The van der Waals surface area contributed by atoms with E-state index in [4.69, 9.17) is 10.5 Å². The van der Waals surface area contributed by atoms with Crippen molar-refractivity contribution in [3.8, 4) is 5.75 Å². The van der Waals surface area contributed by atoms with Gasteiger partial charge in [-0.2, -0.15) is 0 Å². The highest BCUT2D eigenvalue weighted by molar-refractivity contribution is 5.31. The summed E-state index contributed by atoms with van der Waals surface area (Å²) in [6.07, 6.45) is 2.04. The summed E-state index contributed by atoms with van der Waals surface area (Å²) < 4.78 is 5.63. The zero-order chi connectivity index (χ0) is 10.4. The molecule has 0 saturated carbocycles. The maximum Gasteiger partial charge on any atom is 0.122 e. The average molecular weight is 193 g/mol. The lowest BCUT2D eigenvalue weighted by Gasteiger charge is -2.09. The quantitative estimate of drug-likeness (QED) is 0.729. The monoisotopic (exact) mass is 193 g/mol. The van der Waals surface area contributed by atoms with E-state index in [0.717, 1.165) is 25.2 Å². The van der Waals surface area contributed by atoms with E-state index in [1.165, 1.54) is 5.56 Å². The zero-order valence-corrected chi connectivity index (χ0v) is 8.99. The Labute approximate surface area is 86.1 Å². The van der Waals surface area contributed by atoms with Crippen molar-refractivity contribution < 1.29 is 4.74 Å². The van der Waals surface area contributed by atoms with Crippen molar-refractivity contribution in [1.29, 1.82) is 0 Å². The van der Waals surface area contributed by atoms with Gasteiger partial charge >= 0.3 is 0 Å². The number of ether oxygens (including phenoxy) is 1. The normalized spacial score (nSPS) is 12.5. The number of para-hydroxylation sites is 1. The molecule has 1 aromatic rings. The van der Waals surface area contributed by atoms with E-state index in [1.54, 1.807) is 0 Å². The first-order valence-electron chi connectivity index (χ1n) is 5.14. The molecule has 1 atom stereocenters. The molecule has 0 bridgehead atoms. The summed E-state index contributed by atoms with van der Waals surface area (Å²) in [5, 5.41) is 0. The minimum absolute atomic E-state index is 0.274. The van der Waals surface area contributed by atoms with Gasteiger partial charge in [-0.3, -0.25) is 0 Å². The predicted octanol–water partition coefficient (Wildman–Crippen LogP) is 2.50. The van der Waals surface area contributed by atoms with Crippen LogP contribution in [0.25, 0.3) is 0 Å². The largest absolute Gasteiger partial charge is 0.493 e. The van der Waals surface area contributed by atoms with Gasteiger partial charge in [0.1, 0.15) is 5.75 Å². The summed E-state index contributed by atoms with van der Waals surface area (Å²) in [6, 6.07) is 8.34. The van der Waals surface area contributed by atoms with Crippen molar-refractivity contribution in [2.75, 3.05) is 6.61 Å². The molecule has 1 aromatic carbocycles. The second kappa shape index (κ2) is 5.66. The molecular formula is C12H19NO. The molecule has 0 aliphatic carbocycles. The number of benzene rings is 1. The molecule has 2 nitrogen and oxygen atoms in total. The van der Waals surface area contributed by atoms with Gasteiger partial charge in [0.15, 0.2) is 0 Å². The summed E-state index contributed by atoms with van der Waals surface area (Å²) in [4.78, 5) is 0. The Morgan fingerprint density at radius 1 is 1.36 bits per heavy atom. The van der Waals surface area contributed by atoms with Crippen LogP contribution in [0.5, 0.6) is 5.75 Å². The Hall–Kier alpha value is -1.02. The molecular weight excluding hydrogens is 174 g/mol. The molecule has 0 heterocycles. The maximum atomic E-state index is 5.65. The first kappa shape index (κ1) is 11.1. The third kappa shape index (κ3) is 3.79. The molecule has 14 heavy (non-hydrogen) atoms. The highest BCUT2D eigenvalue weighted by atomic mass is 16.5. The first-order valence-corrected chi connectivity index (χ1v) is 5.14. The molecule has 0 saturated heterocycles. The number of aryl methyl sites for hydroxylation is 1. The van der Waals surface area contributed by atoms with Gasteiger partial charge in [-0.1, -0.05) is 18.2 Å². The third-order valence-corrected chi connectivity index (χ3v) is 2.15. The summed E-state index contributed by atoms with van der Waals surface area (Å²) >= 11 is 0. The second-order valence-corrected chi connectivity index (χ2v) is 3.73. The van der Waals surface area contributed by atoms with Crippen molar-refractivity contribution in [3.63, 3.8) is 0 Å². The molecule has 2 N–H and O–H groups in total. The van der Waals surface area contributed by atoms with Gasteiger partial charge in [-0.15, -0.1) is 0 Å². The highest BCUT2D eigenvalue weighted by Crippen LogP contribution is 2.16. The van der Waals surface area contributed by atoms with E-state index in [-0.39, 0.29) is 6.04 Å². The van der Waals surface area contributed by atoms with E-state index >= 15 is 0 Å². The minimum Gasteiger partial charge on any atom is -0.493 e. The van der Waals surface area contributed by atoms with Crippen LogP contribution in [-0.4, -0.2) is 12.6 Å². The van der Waals surface area contributed by atoms with E-state index in [9.17, 15) is 0 Å². The lowest BCUT2D eigenvalue weighted by molar-refractivity contribution is 0.301. The second-order valence-electron chi connectivity index (χ2n) is 3.73. The number of hydrogen-bond donors (Lipinski definition) is 1. The van der Waals surface area contributed by atoms with Crippen molar-refractivity contribution in [3.05, 3.63) is 29.8 Å². The van der Waals surface area contributed by atoms with Crippen LogP contribution in [0.15, 0.2) is 24.3 Å². The smallest absolute Gasteiger partial charge is 0.122 e. The zero-order valence-electron chi connectivity index (χ0n) is 8.99. The number of nitrogens with two attached hydrogens (primary N) is 1. The minimum atomic E-state index is 0.274. The summed E-state index contributed by atoms with van der Waals surface area (Å²) in [5.41, 5.74) is 6.83. The summed E-state index contributed by atoms with van der Waals surface area (Å²) in [7, 11) is 0. The fourth-order valence-electron chi connectivity index (χ4n) is 1.31. The van der Waals surface area contributed by atoms with Crippen LogP contribution in [-0.2, 0) is 0 Å². The molecule has 0 amide bonds. The van der Waals surface area contributed by atoms with Crippen molar-refractivity contribution in [2.45, 2.75) is 32.7 Å². The van der Waals surface area contributed by atoms with Gasteiger partial charge < -0.3 is 10.5 Å². The molecule has 0 aromatic heterocycles. The van der Waals surface area contributed by atoms with Crippen LogP contribution >= 0.6 is 0 Å². The standard InChI is InChI=1S/C12H19NO/c1-10-6-3-4-8-12(10)14-9-5-7-11(2)13/h3-4,6,8,11H,5,7,9,13H2,1-2H3. The lowest BCUT2D eigenvalue weighted by Crippen LogP contribution is -2.15. The number of rotatable bonds is 5. The van der Waals surface area contributed by atoms with E-state index in [2.05, 4.69) is 13.0 Å². The van der Waals surface area contributed by atoms with Crippen LogP contribution in [0.1, 0.15) is 25.3 Å². The molecule has 2 heteroatoms. The van der Waals surface area contributed by atoms with Crippen LogP contribution in [0.4, 0.5) is 0 Å². The third-order valence-electron chi connectivity index (χ3n) is 2.15. The topological polar surface area (TPSA) is 35.2 Å². The summed E-state index contributed by atoms with van der Waals surface area (Å²) in [6.45, 7) is 4.83. The lowest BCUT2D eigenvalue weighted by atomic mass is 10.2. The van der Waals surface area contributed by atoms with Gasteiger partial charge in [0, 0.05) is 6.04 Å². The Morgan fingerprint density at radius 3 is 2.71 bits per heavy atom. The van der Waals surface area contributed by atoms with Crippen LogP contribution in [0, 0.1) is 6.92 Å². The average Bonchev–Trinajstić information content (AvgIpc) is 2.15. The van der Waals surface area contributed by atoms with Gasteiger partial charge in [-0.25, -0.2) is 0 Å². The van der Waals surface area contributed by atoms with Crippen molar-refractivity contribution in [1.82, 2.24) is 0 Å². The van der Waals surface area contributed by atoms with Gasteiger partial charge in [0.05, 0.1) is 6.61 Å². The van der Waals surface area contributed by atoms with E-state index in [0.29, 0.717) is 0 Å². The fourth-order valence-corrected chi connectivity index (χ4v) is 1.31. The van der Waals surface area contributed by atoms with Gasteiger partial charge in [0.2, 0.25) is 0 Å². The SMILES string of the molecule is Cc1ccccc1OCCCC(C)N. The Bertz CT molecular complexity index is 271. The molecule has 0 spiro atoms. The van der Waals surface area contributed by atoms with E-state index < -0.39 is 0 Å². The molecule has 1 unspecified atom stereocenters. The van der Waals surface area contributed by atoms with Gasteiger partial charge in [0.25, 0.3) is 0 Å². The summed E-state index contributed by atoms with van der Waals surface area (Å²) in [5.74, 6) is 0.983. The first-order chi connectivity index (χ1) is 6.70. The van der Waals surface area contributed by atoms with Crippen LogP contribution in [0.2, 0.25) is 0 Å². The van der Waals surface area contributed by atoms with E-state index in [1.807, 2.05) is 25.1 Å². The van der Waals surface area contributed by atoms with Crippen LogP contribution < -0.4 is 10.5 Å².